The van der Waals surface area contributed by atoms with Gasteiger partial charge in [0.05, 0.1) is 18.7 Å². The van der Waals surface area contributed by atoms with Crippen LogP contribution in [0.4, 0.5) is 4.79 Å². The maximum absolute atomic E-state index is 11.7. The van der Waals surface area contributed by atoms with Crippen molar-refractivity contribution in [3.05, 3.63) is 18.0 Å². The molecule has 0 fully saturated rings. The first-order chi connectivity index (χ1) is 8.30. The number of amides is 2. The topological polar surface area (TPSA) is 107 Å². The summed E-state index contributed by atoms with van der Waals surface area (Å²) in [4.78, 5) is 22.3. The highest BCUT2D eigenvalue weighted by Gasteiger charge is 2.24. The maximum Gasteiger partial charge on any atom is 0.315 e. The summed E-state index contributed by atoms with van der Waals surface area (Å²) in [5, 5.41) is 20.5. The zero-order valence-electron chi connectivity index (χ0n) is 10.7. The summed E-state index contributed by atoms with van der Waals surface area (Å²) >= 11 is 0. The Kier molecular flexibility index (Phi) is 4.30. The van der Waals surface area contributed by atoms with Gasteiger partial charge in [0.25, 0.3) is 0 Å². The van der Waals surface area contributed by atoms with Crippen molar-refractivity contribution in [1.29, 1.82) is 0 Å². The fraction of sp³-hybridized carbons (Fsp3) is 0.545. The summed E-state index contributed by atoms with van der Waals surface area (Å²) in [6.07, 6.45) is 3.17. The summed E-state index contributed by atoms with van der Waals surface area (Å²) in [5.41, 5.74) is 0.0488. The molecule has 1 heterocycles. The maximum atomic E-state index is 11.7. The molecule has 7 heteroatoms. The second-order valence-corrected chi connectivity index (χ2v) is 4.81. The minimum atomic E-state index is -0.955. The number of nitrogens with one attached hydrogen (secondary N) is 3. The molecule has 0 saturated heterocycles. The molecule has 0 aliphatic heterocycles. The lowest BCUT2D eigenvalue weighted by Crippen LogP contribution is -2.49. The highest BCUT2D eigenvalue weighted by atomic mass is 16.4. The number of aromatic amines is 1. The van der Waals surface area contributed by atoms with E-state index in [1.54, 1.807) is 26.2 Å². The van der Waals surface area contributed by atoms with Gasteiger partial charge in [-0.05, 0) is 20.8 Å². The van der Waals surface area contributed by atoms with Crippen molar-refractivity contribution in [1.82, 2.24) is 20.8 Å². The average molecular weight is 254 g/mol. The second-order valence-electron chi connectivity index (χ2n) is 4.81. The lowest BCUT2D eigenvalue weighted by atomic mass is 10.0. The molecule has 1 rings (SSSR count). The standard InChI is InChI=1S/C11H18N4O3/c1-7(8-5-12-13-6-8)14-10(18)15-11(2,3)4-9(16)17/h5-7H,4H2,1-3H3,(H,12,13)(H,16,17)(H2,14,15,18). The number of hydrogen-bond acceptors (Lipinski definition) is 3. The molecule has 0 spiro atoms. The van der Waals surface area contributed by atoms with Crippen LogP contribution in [-0.4, -0.2) is 32.8 Å². The van der Waals surface area contributed by atoms with Crippen LogP contribution in [0.3, 0.4) is 0 Å². The van der Waals surface area contributed by atoms with Crippen LogP contribution < -0.4 is 10.6 Å². The minimum absolute atomic E-state index is 0.138. The van der Waals surface area contributed by atoms with Gasteiger partial charge in [-0.25, -0.2) is 4.79 Å². The first-order valence-electron chi connectivity index (χ1n) is 5.59. The number of urea groups is 1. The van der Waals surface area contributed by atoms with Crippen LogP contribution in [0.2, 0.25) is 0 Å². The van der Waals surface area contributed by atoms with E-state index in [1.165, 1.54) is 0 Å². The Bertz CT molecular complexity index is 414. The third-order valence-corrected chi connectivity index (χ3v) is 2.41. The molecule has 2 amide bonds. The van der Waals surface area contributed by atoms with Crippen molar-refractivity contribution in [2.75, 3.05) is 0 Å². The first-order valence-corrected chi connectivity index (χ1v) is 5.59. The summed E-state index contributed by atoms with van der Waals surface area (Å²) in [6, 6.07) is -0.612. The Morgan fingerprint density at radius 2 is 2.22 bits per heavy atom. The van der Waals surface area contributed by atoms with Gasteiger partial charge in [-0.3, -0.25) is 9.89 Å². The predicted octanol–water partition coefficient (Wildman–Crippen LogP) is 1.02. The van der Waals surface area contributed by atoms with Crippen molar-refractivity contribution in [2.24, 2.45) is 0 Å². The van der Waals surface area contributed by atoms with E-state index in [4.69, 9.17) is 5.11 Å². The van der Waals surface area contributed by atoms with Crippen molar-refractivity contribution in [3.63, 3.8) is 0 Å². The number of carboxylic acids is 1. The van der Waals surface area contributed by atoms with Gasteiger partial charge in [0, 0.05) is 17.3 Å². The van der Waals surface area contributed by atoms with E-state index < -0.39 is 17.5 Å². The summed E-state index contributed by atoms with van der Waals surface area (Å²) in [5.74, 6) is -0.955. The van der Waals surface area contributed by atoms with Gasteiger partial charge in [0.2, 0.25) is 0 Å². The van der Waals surface area contributed by atoms with Crippen LogP contribution in [-0.2, 0) is 4.79 Å². The Morgan fingerprint density at radius 3 is 2.72 bits per heavy atom. The van der Waals surface area contributed by atoms with Crippen LogP contribution in [0.25, 0.3) is 0 Å². The quantitative estimate of drug-likeness (QED) is 0.629. The number of carbonyl (C=O) groups is 2. The van der Waals surface area contributed by atoms with Gasteiger partial charge in [-0.2, -0.15) is 5.10 Å². The van der Waals surface area contributed by atoms with Crippen molar-refractivity contribution >= 4 is 12.0 Å². The predicted molar refractivity (Wildman–Crippen MR) is 65.0 cm³/mol. The van der Waals surface area contributed by atoms with E-state index >= 15 is 0 Å². The Labute approximate surface area is 105 Å². The number of aliphatic carboxylic acids is 1. The van der Waals surface area contributed by atoms with Crippen molar-refractivity contribution in [3.8, 4) is 0 Å². The summed E-state index contributed by atoms with van der Waals surface area (Å²) in [7, 11) is 0. The molecule has 1 unspecified atom stereocenters. The molecule has 0 aliphatic rings. The van der Waals surface area contributed by atoms with Gasteiger partial charge in [-0.15, -0.1) is 0 Å². The summed E-state index contributed by atoms with van der Waals surface area (Å²) in [6.45, 7) is 5.13. The number of carboxylic acid groups (broad SMARTS) is 1. The molecule has 1 aromatic heterocycles. The number of H-pyrrole nitrogens is 1. The molecule has 4 N–H and O–H groups in total. The summed E-state index contributed by atoms with van der Waals surface area (Å²) < 4.78 is 0. The number of aromatic nitrogens is 2. The monoisotopic (exact) mass is 254 g/mol. The fourth-order valence-electron chi connectivity index (χ4n) is 1.54. The van der Waals surface area contributed by atoms with Crippen molar-refractivity contribution in [2.45, 2.75) is 38.8 Å². The molecular weight excluding hydrogens is 236 g/mol. The molecule has 18 heavy (non-hydrogen) atoms. The number of hydrogen-bond donors (Lipinski definition) is 4. The van der Waals surface area contributed by atoms with E-state index in [-0.39, 0.29) is 12.5 Å². The molecule has 0 saturated carbocycles. The van der Waals surface area contributed by atoms with Crippen LogP contribution in [0.15, 0.2) is 12.4 Å². The highest BCUT2D eigenvalue weighted by Crippen LogP contribution is 2.11. The number of rotatable bonds is 5. The first kappa shape index (κ1) is 14.0. The van der Waals surface area contributed by atoms with Gasteiger partial charge in [-0.1, -0.05) is 0 Å². The van der Waals surface area contributed by atoms with E-state index in [0.29, 0.717) is 0 Å². The molecule has 100 valence electrons. The Morgan fingerprint density at radius 1 is 1.56 bits per heavy atom. The molecule has 0 radical (unpaired) electrons. The number of carbonyl (C=O) groups excluding carboxylic acids is 1. The van der Waals surface area contributed by atoms with E-state index in [2.05, 4.69) is 20.8 Å². The second kappa shape index (κ2) is 5.52. The van der Waals surface area contributed by atoms with E-state index in [9.17, 15) is 9.59 Å². The number of nitrogens with zero attached hydrogens (tertiary/aromatic N) is 1. The molecule has 1 atom stereocenters. The third-order valence-electron chi connectivity index (χ3n) is 2.41. The molecule has 0 bridgehead atoms. The largest absolute Gasteiger partial charge is 0.481 e. The Balaban J connectivity index is 2.49. The lowest BCUT2D eigenvalue weighted by Gasteiger charge is -2.25. The average Bonchev–Trinajstić information content (AvgIpc) is 2.65. The normalized spacial score (nSPS) is 12.8. The molecule has 1 aromatic rings. The highest BCUT2D eigenvalue weighted by molar-refractivity contribution is 5.76. The van der Waals surface area contributed by atoms with Gasteiger partial charge in [0.15, 0.2) is 0 Å². The lowest BCUT2D eigenvalue weighted by molar-refractivity contribution is -0.138. The molecule has 0 aromatic carbocycles. The zero-order valence-corrected chi connectivity index (χ0v) is 10.7. The molecule has 0 aliphatic carbocycles. The zero-order chi connectivity index (χ0) is 13.8. The molecule has 7 nitrogen and oxygen atoms in total. The van der Waals surface area contributed by atoms with E-state index in [0.717, 1.165) is 5.56 Å². The Hall–Kier alpha value is -2.05. The molecular formula is C11H18N4O3. The van der Waals surface area contributed by atoms with Gasteiger partial charge < -0.3 is 15.7 Å². The van der Waals surface area contributed by atoms with Crippen LogP contribution in [0, 0.1) is 0 Å². The fourth-order valence-corrected chi connectivity index (χ4v) is 1.54. The van der Waals surface area contributed by atoms with Gasteiger partial charge >= 0.3 is 12.0 Å². The van der Waals surface area contributed by atoms with Gasteiger partial charge in [0.1, 0.15) is 0 Å². The van der Waals surface area contributed by atoms with Crippen LogP contribution in [0.5, 0.6) is 0 Å². The van der Waals surface area contributed by atoms with E-state index in [1.807, 2.05) is 6.92 Å². The minimum Gasteiger partial charge on any atom is -0.481 e. The van der Waals surface area contributed by atoms with Crippen LogP contribution in [0.1, 0.15) is 38.8 Å². The smallest absolute Gasteiger partial charge is 0.315 e. The SMILES string of the molecule is CC(NC(=O)NC(C)(C)CC(=O)O)c1cn[nH]c1. The van der Waals surface area contributed by atoms with Crippen molar-refractivity contribution < 1.29 is 14.7 Å². The van der Waals surface area contributed by atoms with Crippen LogP contribution >= 0.6 is 0 Å². The third kappa shape index (κ3) is 4.44.